The standard InChI is InChI=1S/C17H20F4N2O3/c1-10(15(24)22(2)7-11-4-3-5-12(18)6-11)23-8-13(16(25)26)14(9-23)17(19,20)21/h3-6,10,13-14H,7-9H2,1-2H3,(H,25,26)/t10?,13-,14-/m1/s1. The summed E-state index contributed by atoms with van der Waals surface area (Å²) in [6.07, 6.45) is -4.64. The summed E-state index contributed by atoms with van der Waals surface area (Å²) in [5, 5.41) is 9.06. The van der Waals surface area contributed by atoms with E-state index in [4.69, 9.17) is 5.11 Å². The van der Waals surface area contributed by atoms with Gasteiger partial charge in [-0.25, -0.2) is 4.39 Å². The zero-order valence-electron chi connectivity index (χ0n) is 14.3. The van der Waals surface area contributed by atoms with Crippen molar-refractivity contribution >= 4 is 11.9 Å². The molecule has 1 heterocycles. The Morgan fingerprint density at radius 2 is 2.00 bits per heavy atom. The number of alkyl halides is 3. The number of likely N-dealkylation sites (N-methyl/N-ethyl adjacent to an activating group) is 1. The molecule has 1 aliphatic heterocycles. The fourth-order valence-corrected chi connectivity index (χ4v) is 3.19. The minimum Gasteiger partial charge on any atom is -0.481 e. The Balaban J connectivity index is 2.06. The summed E-state index contributed by atoms with van der Waals surface area (Å²) in [5.74, 6) is -6.04. The second-order valence-corrected chi connectivity index (χ2v) is 6.55. The van der Waals surface area contributed by atoms with E-state index in [0.29, 0.717) is 5.56 Å². The van der Waals surface area contributed by atoms with Gasteiger partial charge >= 0.3 is 12.1 Å². The first-order valence-electron chi connectivity index (χ1n) is 8.03. The van der Waals surface area contributed by atoms with Crippen molar-refractivity contribution in [1.82, 2.24) is 9.80 Å². The van der Waals surface area contributed by atoms with E-state index in [-0.39, 0.29) is 13.1 Å². The van der Waals surface area contributed by atoms with Gasteiger partial charge in [0.25, 0.3) is 0 Å². The van der Waals surface area contributed by atoms with Crippen molar-refractivity contribution in [3.8, 4) is 0 Å². The van der Waals surface area contributed by atoms with Crippen LogP contribution in [0, 0.1) is 17.7 Å². The highest BCUT2D eigenvalue weighted by Crippen LogP contribution is 2.38. The summed E-state index contributed by atoms with van der Waals surface area (Å²) in [6.45, 7) is 0.656. The van der Waals surface area contributed by atoms with Crippen LogP contribution in [0.4, 0.5) is 17.6 Å². The quantitative estimate of drug-likeness (QED) is 0.802. The molecule has 26 heavy (non-hydrogen) atoms. The van der Waals surface area contributed by atoms with Gasteiger partial charge in [0.2, 0.25) is 5.91 Å². The lowest BCUT2D eigenvalue weighted by Gasteiger charge is -2.28. The summed E-state index contributed by atoms with van der Waals surface area (Å²) in [6, 6.07) is 4.75. The van der Waals surface area contributed by atoms with Crippen molar-refractivity contribution in [2.45, 2.75) is 25.7 Å². The predicted octanol–water partition coefficient (Wildman–Crippen LogP) is 2.37. The van der Waals surface area contributed by atoms with Gasteiger partial charge in [0.05, 0.1) is 17.9 Å². The van der Waals surface area contributed by atoms with E-state index in [2.05, 4.69) is 0 Å². The highest BCUT2D eigenvalue weighted by Gasteiger charge is 2.53. The van der Waals surface area contributed by atoms with Crippen LogP contribution < -0.4 is 0 Å². The van der Waals surface area contributed by atoms with E-state index in [1.165, 1.54) is 42.0 Å². The first kappa shape index (κ1) is 20.2. The number of carboxylic acid groups (broad SMARTS) is 1. The maximum Gasteiger partial charge on any atom is 0.393 e. The molecule has 0 spiro atoms. The SMILES string of the molecule is CC(C(=O)N(C)Cc1cccc(F)c1)N1C[C@@H](C(F)(F)F)[C@H](C(=O)O)C1. The Morgan fingerprint density at radius 3 is 2.50 bits per heavy atom. The molecule has 144 valence electrons. The second kappa shape index (κ2) is 7.61. The monoisotopic (exact) mass is 376 g/mol. The zero-order chi connectivity index (χ0) is 19.6. The predicted molar refractivity (Wildman–Crippen MR) is 84.6 cm³/mol. The van der Waals surface area contributed by atoms with E-state index >= 15 is 0 Å². The van der Waals surface area contributed by atoms with Crippen LogP contribution in [-0.4, -0.2) is 59.1 Å². The minimum absolute atomic E-state index is 0.0971. The summed E-state index contributed by atoms with van der Waals surface area (Å²) in [5.41, 5.74) is 0.547. The fourth-order valence-electron chi connectivity index (χ4n) is 3.19. The number of rotatable bonds is 5. The van der Waals surface area contributed by atoms with Gasteiger partial charge in [-0.05, 0) is 24.6 Å². The molecule has 5 nitrogen and oxygen atoms in total. The number of aliphatic carboxylic acids is 1. The topological polar surface area (TPSA) is 60.9 Å². The molecule has 1 aromatic carbocycles. The van der Waals surface area contributed by atoms with Crippen LogP contribution in [0.25, 0.3) is 0 Å². The molecule has 1 aliphatic rings. The van der Waals surface area contributed by atoms with Crippen molar-refractivity contribution in [1.29, 1.82) is 0 Å². The molecule has 1 unspecified atom stereocenters. The molecule has 3 atom stereocenters. The van der Waals surface area contributed by atoms with Crippen LogP contribution >= 0.6 is 0 Å². The van der Waals surface area contributed by atoms with Gasteiger partial charge in [0.1, 0.15) is 5.82 Å². The smallest absolute Gasteiger partial charge is 0.393 e. The Labute approximate surface area is 148 Å². The normalized spacial score (nSPS) is 22.2. The van der Waals surface area contributed by atoms with Gasteiger partial charge in [-0.1, -0.05) is 12.1 Å². The molecular formula is C17H20F4N2O3. The van der Waals surface area contributed by atoms with E-state index in [0.717, 1.165) is 0 Å². The number of hydrogen-bond acceptors (Lipinski definition) is 3. The first-order chi connectivity index (χ1) is 12.0. The fraction of sp³-hybridized carbons (Fsp3) is 0.529. The molecule has 0 aliphatic carbocycles. The summed E-state index contributed by atoms with van der Waals surface area (Å²) >= 11 is 0. The second-order valence-electron chi connectivity index (χ2n) is 6.55. The van der Waals surface area contributed by atoms with Crippen LogP contribution in [0.5, 0.6) is 0 Å². The lowest BCUT2D eigenvalue weighted by atomic mass is 9.96. The molecule has 1 amide bonds. The number of hydrogen-bond donors (Lipinski definition) is 1. The maximum atomic E-state index is 13.2. The van der Waals surface area contributed by atoms with Crippen molar-refractivity contribution in [3.63, 3.8) is 0 Å². The minimum atomic E-state index is -4.64. The van der Waals surface area contributed by atoms with E-state index in [9.17, 15) is 27.2 Å². The van der Waals surface area contributed by atoms with Crippen LogP contribution in [-0.2, 0) is 16.1 Å². The highest BCUT2D eigenvalue weighted by atomic mass is 19.4. The third-order valence-corrected chi connectivity index (χ3v) is 4.68. The van der Waals surface area contributed by atoms with Gasteiger partial charge in [0.15, 0.2) is 0 Å². The van der Waals surface area contributed by atoms with Crippen LogP contribution in [0.3, 0.4) is 0 Å². The molecule has 1 saturated heterocycles. The van der Waals surface area contributed by atoms with Crippen LogP contribution in [0.1, 0.15) is 12.5 Å². The molecule has 0 saturated carbocycles. The maximum absolute atomic E-state index is 13.2. The Kier molecular flexibility index (Phi) is 5.90. The Bertz CT molecular complexity index is 680. The third-order valence-electron chi connectivity index (χ3n) is 4.68. The largest absolute Gasteiger partial charge is 0.481 e. The lowest BCUT2D eigenvalue weighted by Crippen LogP contribution is -2.45. The van der Waals surface area contributed by atoms with Crippen LogP contribution in [0.15, 0.2) is 24.3 Å². The molecule has 2 rings (SSSR count). The number of carbonyl (C=O) groups is 2. The number of benzene rings is 1. The molecule has 0 bridgehead atoms. The lowest BCUT2D eigenvalue weighted by molar-refractivity contribution is -0.188. The summed E-state index contributed by atoms with van der Waals surface area (Å²) < 4.78 is 52.4. The third kappa shape index (κ3) is 4.51. The molecule has 1 fully saturated rings. The Hall–Kier alpha value is -2.16. The number of likely N-dealkylation sites (tertiary alicyclic amines) is 1. The first-order valence-corrected chi connectivity index (χ1v) is 8.03. The molecule has 1 N–H and O–H groups in total. The molecular weight excluding hydrogens is 356 g/mol. The molecule has 1 aromatic rings. The average molecular weight is 376 g/mol. The highest BCUT2D eigenvalue weighted by molar-refractivity contribution is 5.81. The van der Waals surface area contributed by atoms with Crippen molar-refractivity contribution in [2.75, 3.05) is 20.1 Å². The van der Waals surface area contributed by atoms with Gasteiger partial charge in [0, 0.05) is 26.7 Å². The average Bonchev–Trinajstić information content (AvgIpc) is 2.99. The number of amides is 1. The Morgan fingerprint density at radius 1 is 1.35 bits per heavy atom. The number of carbonyl (C=O) groups excluding carboxylic acids is 1. The summed E-state index contributed by atoms with van der Waals surface area (Å²) in [4.78, 5) is 26.2. The zero-order valence-corrected chi connectivity index (χ0v) is 14.3. The van der Waals surface area contributed by atoms with Gasteiger partial charge in [-0.15, -0.1) is 0 Å². The van der Waals surface area contributed by atoms with Gasteiger partial charge in [-0.3, -0.25) is 14.5 Å². The summed E-state index contributed by atoms with van der Waals surface area (Å²) in [7, 11) is 1.47. The van der Waals surface area contributed by atoms with Crippen molar-refractivity contribution in [3.05, 3.63) is 35.6 Å². The molecule has 9 heteroatoms. The molecule has 0 aromatic heterocycles. The van der Waals surface area contributed by atoms with E-state index < -0.39 is 48.3 Å². The number of halogens is 4. The van der Waals surface area contributed by atoms with E-state index in [1.54, 1.807) is 6.07 Å². The van der Waals surface area contributed by atoms with Crippen molar-refractivity contribution < 1.29 is 32.3 Å². The van der Waals surface area contributed by atoms with Crippen molar-refractivity contribution in [2.24, 2.45) is 11.8 Å². The van der Waals surface area contributed by atoms with Gasteiger partial charge < -0.3 is 10.0 Å². The number of carboxylic acids is 1. The molecule has 0 radical (unpaired) electrons. The van der Waals surface area contributed by atoms with E-state index in [1.807, 2.05) is 0 Å². The number of nitrogens with zero attached hydrogens (tertiary/aromatic N) is 2. The van der Waals surface area contributed by atoms with Gasteiger partial charge in [-0.2, -0.15) is 13.2 Å². The van der Waals surface area contributed by atoms with Crippen LogP contribution in [0.2, 0.25) is 0 Å².